The standard InChI is InChI=1S/C21H20ClN3O5/c1-14-20(21(28)25(24(14)2)15-8-4-3-5-9-15)23-18(26)12-30-19(27)13-29-17-11-7-6-10-16(17)22/h3-11H,12-13H2,1-2H3,(H,23,26). The van der Waals surface area contributed by atoms with Gasteiger partial charge in [0.05, 0.1) is 16.4 Å². The van der Waals surface area contributed by atoms with Gasteiger partial charge in [0.25, 0.3) is 11.5 Å². The molecule has 9 heteroatoms. The summed E-state index contributed by atoms with van der Waals surface area (Å²) in [6.07, 6.45) is 0. The highest BCUT2D eigenvalue weighted by molar-refractivity contribution is 6.32. The van der Waals surface area contributed by atoms with E-state index in [1.165, 1.54) is 4.68 Å². The van der Waals surface area contributed by atoms with E-state index >= 15 is 0 Å². The maximum absolute atomic E-state index is 12.8. The number of halogens is 1. The average molecular weight is 430 g/mol. The maximum Gasteiger partial charge on any atom is 0.344 e. The highest BCUT2D eigenvalue weighted by Crippen LogP contribution is 2.22. The number of amides is 1. The average Bonchev–Trinajstić information content (AvgIpc) is 2.95. The molecule has 1 amide bonds. The van der Waals surface area contributed by atoms with E-state index in [9.17, 15) is 14.4 Å². The van der Waals surface area contributed by atoms with Crippen LogP contribution in [-0.4, -0.2) is 34.5 Å². The van der Waals surface area contributed by atoms with E-state index in [0.717, 1.165) is 0 Å². The van der Waals surface area contributed by atoms with Gasteiger partial charge < -0.3 is 14.8 Å². The van der Waals surface area contributed by atoms with Crippen molar-refractivity contribution in [2.24, 2.45) is 7.05 Å². The van der Waals surface area contributed by atoms with Crippen LogP contribution in [0.5, 0.6) is 5.75 Å². The zero-order chi connectivity index (χ0) is 21.7. The molecule has 1 heterocycles. The molecule has 0 aliphatic carbocycles. The van der Waals surface area contributed by atoms with Crippen LogP contribution in [-0.2, 0) is 21.4 Å². The number of carbonyl (C=O) groups excluding carboxylic acids is 2. The lowest BCUT2D eigenvalue weighted by atomic mass is 10.3. The summed E-state index contributed by atoms with van der Waals surface area (Å²) in [5, 5.41) is 2.87. The maximum atomic E-state index is 12.8. The minimum Gasteiger partial charge on any atom is -0.480 e. The Morgan fingerprint density at radius 1 is 1.03 bits per heavy atom. The minimum absolute atomic E-state index is 0.120. The quantitative estimate of drug-likeness (QED) is 0.583. The largest absolute Gasteiger partial charge is 0.480 e. The van der Waals surface area contributed by atoms with Crippen molar-refractivity contribution in [2.45, 2.75) is 6.92 Å². The Labute approximate surface area is 177 Å². The molecule has 30 heavy (non-hydrogen) atoms. The van der Waals surface area contributed by atoms with Crippen molar-refractivity contribution in [3.05, 3.63) is 75.7 Å². The van der Waals surface area contributed by atoms with Gasteiger partial charge in [0.1, 0.15) is 11.4 Å². The van der Waals surface area contributed by atoms with Gasteiger partial charge in [-0.05, 0) is 31.2 Å². The Morgan fingerprint density at radius 3 is 2.40 bits per heavy atom. The summed E-state index contributed by atoms with van der Waals surface area (Å²) in [6.45, 7) is 0.756. The van der Waals surface area contributed by atoms with Crippen molar-refractivity contribution in [1.82, 2.24) is 9.36 Å². The number of benzene rings is 2. The van der Waals surface area contributed by atoms with Crippen molar-refractivity contribution in [3.63, 3.8) is 0 Å². The van der Waals surface area contributed by atoms with Crippen molar-refractivity contribution in [1.29, 1.82) is 0 Å². The summed E-state index contributed by atoms with van der Waals surface area (Å²) < 4.78 is 13.2. The fourth-order valence-corrected chi connectivity index (χ4v) is 2.96. The number of nitrogens with one attached hydrogen (secondary N) is 1. The predicted molar refractivity (Wildman–Crippen MR) is 112 cm³/mol. The Balaban J connectivity index is 1.59. The van der Waals surface area contributed by atoms with Crippen LogP contribution in [0.3, 0.4) is 0 Å². The number of anilines is 1. The molecule has 0 unspecified atom stereocenters. The number of rotatable bonds is 7. The van der Waals surface area contributed by atoms with Crippen molar-refractivity contribution >= 4 is 29.2 Å². The second kappa shape index (κ2) is 9.32. The van der Waals surface area contributed by atoms with Crippen LogP contribution in [0.15, 0.2) is 59.4 Å². The molecule has 0 bridgehead atoms. The molecular formula is C21H20ClN3O5. The molecule has 0 atom stereocenters. The molecule has 2 aromatic carbocycles. The zero-order valence-corrected chi connectivity index (χ0v) is 17.2. The Morgan fingerprint density at radius 2 is 1.70 bits per heavy atom. The van der Waals surface area contributed by atoms with Gasteiger partial charge in [-0.3, -0.25) is 14.3 Å². The van der Waals surface area contributed by atoms with Crippen molar-refractivity contribution < 1.29 is 19.1 Å². The molecule has 0 saturated carbocycles. The first-order chi connectivity index (χ1) is 14.4. The monoisotopic (exact) mass is 429 g/mol. The van der Waals surface area contributed by atoms with Gasteiger partial charge >= 0.3 is 5.97 Å². The van der Waals surface area contributed by atoms with Gasteiger partial charge in [-0.15, -0.1) is 0 Å². The molecule has 0 aliphatic heterocycles. The van der Waals surface area contributed by atoms with Crippen LogP contribution in [0.2, 0.25) is 5.02 Å². The summed E-state index contributed by atoms with van der Waals surface area (Å²) in [7, 11) is 1.71. The lowest BCUT2D eigenvalue weighted by Crippen LogP contribution is -2.27. The third kappa shape index (κ3) is 4.72. The van der Waals surface area contributed by atoms with Crippen LogP contribution in [0.4, 0.5) is 5.69 Å². The van der Waals surface area contributed by atoms with E-state index in [2.05, 4.69) is 5.32 Å². The number of carbonyl (C=O) groups is 2. The number of esters is 1. The third-order valence-electron chi connectivity index (χ3n) is 4.37. The molecule has 3 rings (SSSR count). The summed E-state index contributed by atoms with van der Waals surface area (Å²) in [6, 6.07) is 15.7. The second-order valence-electron chi connectivity index (χ2n) is 6.36. The van der Waals surface area contributed by atoms with Gasteiger partial charge in [-0.1, -0.05) is 41.9 Å². The van der Waals surface area contributed by atoms with E-state index < -0.39 is 25.1 Å². The SMILES string of the molecule is Cc1c(NC(=O)COC(=O)COc2ccccc2Cl)c(=O)n(-c2ccccc2)n1C. The van der Waals surface area contributed by atoms with Crippen molar-refractivity contribution in [3.8, 4) is 11.4 Å². The van der Waals surface area contributed by atoms with E-state index in [1.54, 1.807) is 55.1 Å². The molecule has 3 aromatic rings. The first-order valence-corrected chi connectivity index (χ1v) is 9.43. The highest BCUT2D eigenvalue weighted by atomic mass is 35.5. The number of aromatic nitrogens is 2. The molecule has 1 aromatic heterocycles. The Kier molecular flexibility index (Phi) is 6.58. The normalized spacial score (nSPS) is 10.5. The van der Waals surface area contributed by atoms with E-state index in [4.69, 9.17) is 21.1 Å². The number of nitrogens with zero attached hydrogens (tertiary/aromatic N) is 2. The third-order valence-corrected chi connectivity index (χ3v) is 4.68. The van der Waals surface area contributed by atoms with Crippen LogP contribution < -0.4 is 15.6 Å². The summed E-state index contributed by atoms with van der Waals surface area (Å²) in [4.78, 5) is 36.8. The van der Waals surface area contributed by atoms with Gasteiger partial charge in [-0.2, -0.15) is 0 Å². The topological polar surface area (TPSA) is 91.6 Å². The minimum atomic E-state index is -0.739. The molecule has 8 nitrogen and oxygen atoms in total. The Bertz CT molecular complexity index is 1120. The molecule has 0 spiro atoms. The molecule has 0 radical (unpaired) electrons. The second-order valence-corrected chi connectivity index (χ2v) is 6.77. The first-order valence-electron chi connectivity index (χ1n) is 9.05. The van der Waals surface area contributed by atoms with Gasteiger partial charge in [-0.25, -0.2) is 9.48 Å². The molecule has 0 saturated heterocycles. The van der Waals surface area contributed by atoms with Crippen LogP contribution >= 0.6 is 11.6 Å². The Hall–Kier alpha value is -3.52. The van der Waals surface area contributed by atoms with E-state index in [-0.39, 0.29) is 11.2 Å². The number of para-hydroxylation sites is 2. The highest BCUT2D eigenvalue weighted by Gasteiger charge is 2.19. The van der Waals surface area contributed by atoms with Crippen LogP contribution in [0.25, 0.3) is 5.69 Å². The van der Waals surface area contributed by atoms with E-state index in [0.29, 0.717) is 22.2 Å². The molecule has 1 N–H and O–H groups in total. The molecular weight excluding hydrogens is 410 g/mol. The van der Waals surface area contributed by atoms with Gasteiger partial charge in [0.2, 0.25) is 0 Å². The number of ether oxygens (including phenoxy) is 2. The summed E-state index contributed by atoms with van der Waals surface area (Å²) in [5.41, 5.74) is 0.958. The first kappa shape index (κ1) is 21.2. The molecule has 156 valence electrons. The number of hydrogen-bond acceptors (Lipinski definition) is 5. The number of hydrogen-bond donors (Lipinski definition) is 1. The molecule has 0 aliphatic rings. The fourth-order valence-electron chi connectivity index (χ4n) is 2.77. The van der Waals surface area contributed by atoms with E-state index in [1.807, 2.05) is 18.2 Å². The summed E-state index contributed by atoms with van der Waals surface area (Å²) in [5.74, 6) is -1.04. The lowest BCUT2D eigenvalue weighted by Gasteiger charge is -2.08. The predicted octanol–water partition coefficient (Wildman–Crippen LogP) is 2.70. The van der Waals surface area contributed by atoms with Crippen LogP contribution in [0.1, 0.15) is 5.69 Å². The fraction of sp³-hybridized carbons (Fsp3) is 0.190. The lowest BCUT2D eigenvalue weighted by molar-refractivity contribution is -0.149. The van der Waals surface area contributed by atoms with Gasteiger partial charge in [0, 0.05) is 7.05 Å². The molecule has 0 fully saturated rings. The smallest absolute Gasteiger partial charge is 0.344 e. The summed E-state index contributed by atoms with van der Waals surface area (Å²) >= 11 is 5.94. The zero-order valence-electron chi connectivity index (χ0n) is 16.4. The van der Waals surface area contributed by atoms with Crippen LogP contribution in [0, 0.1) is 6.92 Å². The van der Waals surface area contributed by atoms with Gasteiger partial charge in [0.15, 0.2) is 13.2 Å². The van der Waals surface area contributed by atoms with Crippen molar-refractivity contribution in [2.75, 3.05) is 18.5 Å².